The van der Waals surface area contributed by atoms with E-state index in [9.17, 15) is 45.0 Å². The summed E-state index contributed by atoms with van der Waals surface area (Å²) in [6.07, 6.45) is -11.3. The maximum Gasteiger partial charge on any atom is 0.455 e. The van der Waals surface area contributed by atoms with E-state index in [0.29, 0.717) is 18.2 Å². The summed E-state index contributed by atoms with van der Waals surface area (Å²) in [5.74, 6) is -7.44. The molecular weight excluding hydrogens is 411 g/mol. The van der Waals surface area contributed by atoms with Crippen molar-refractivity contribution in [3.63, 3.8) is 0 Å². The van der Waals surface area contributed by atoms with Crippen molar-refractivity contribution in [3.05, 3.63) is 41.1 Å². The molecule has 0 bridgehead atoms. The number of hydrogen-bond donors (Lipinski definition) is 1. The van der Waals surface area contributed by atoms with Gasteiger partial charge in [0.25, 0.3) is 5.78 Å². The first-order valence-electron chi connectivity index (χ1n) is 5.79. The first-order valence-corrected chi connectivity index (χ1v) is 5.79. The van der Waals surface area contributed by atoms with Crippen LogP contribution < -0.4 is 0 Å². The van der Waals surface area contributed by atoms with Gasteiger partial charge in [0, 0.05) is 23.1 Å². The second-order valence-electron chi connectivity index (χ2n) is 4.41. The fraction of sp³-hybridized carbons (Fsp3) is 0.167. The van der Waals surface area contributed by atoms with Crippen LogP contribution in [-0.2, 0) is 23.2 Å². The van der Waals surface area contributed by atoms with Gasteiger partial charge in [-0.2, -0.15) is 36.1 Å². The summed E-state index contributed by atoms with van der Waals surface area (Å²) in [6, 6.07) is 1.13. The number of rotatable bonds is 2. The van der Waals surface area contributed by atoms with Gasteiger partial charge in [-0.15, -0.1) is 0 Å². The van der Waals surface area contributed by atoms with Crippen LogP contribution in [0, 0.1) is 11.6 Å². The second kappa shape index (κ2) is 6.64. The van der Waals surface area contributed by atoms with Gasteiger partial charge in [-0.25, -0.2) is 8.78 Å². The van der Waals surface area contributed by atoms with Crippen LogP contribution in [0.3, 0.4) is 0 Å². The molecule has 1 heterocycles. The zero-order valence-electron chi connectivity index (χ0n) is 11.4. The third kappa shape index (κ3) is 4.10. The standard InChI is InChI=1S/C12H4F8N2O2.Mn/c13-4-1-5(14)3-6(2-4)22-10(24)7(9(23)12(18,19)20)8(21-22)11(15,16)17;/h1-3,24H;. The molecule has 0 aliphatic heterocycles. The van der Waals surface area contributed by atoms with E-state index >= 15 is 0 Å². The van der Waals surface area contributed by atoms with Crippen LogP contribution in [0.25, 0.3) is 5.69 Å². The second-order valence-corrected chi connectivity index (χ2v) is 4.41. The van der Waals surface area contributed by atoms with Crippen LogP contribution in [-0.4, -0.2) is 26.8 Å². The topological polar surface area (TPSA) is 55.1 Å². The van der Waals surface area contributed by atoms with E-state index in [-0.39, 0.29) is 21.8 Å². The number of ketones is 1. The maximum absolute atomic E-state index is 13.1. The number of benzene rings is 1. The molecule has 1 aromatic heterocycles. The molecule has 0 amide bonds. The first-order chi connectivity index (χ1) is 10.8. The van der Waals surface area contributed by atoms with E-state index in [2.05, 4.69) is 5.10 Å². The molecule has 1 radical (unpaired) electrons. The largest absolute Gasteiger partial charge is 0.493 e. The summed E-state index contributed by atoms with van der Waals surface area (Å²) in [6.45, 7) is 0. The number of aromatic hydroxyl groups is 1. The van der Waals surface area contributed by atoms with Gasteiger partial charge in [0.2, 0.25) is 5.88 Å². The number of Topliss-reactive ketones (excluding diaryl/α,β-unsaturated/α-hetero) is 1. The van der Waals surface area contributed by atoms with Crippen LogP contribution in [0.5, 0.6) is 5.88 Å². The Kier molecular flexibility index (Phi) is 5.55. The molecule has 0 spiro atoms. The molecule has 137 valence electrons. The monoisotopic (exact) mass is 415 g/mol. The van der Waals surface area contributed by atoms with Crippen LogP contribution in [0.2, 0.25) is 0 Å². The van der Waals surface area contributed by atoms with Gasteiger partial charge in [0.05, 0.1) is 5.69 Å². The normalized spacial score (nSPS) is 12.0. The summed E-state index contributed by atoms with van der Waals surface area (Å²) >= 11 is 0. The van der Waals surface area contributed by atoms with Gasteiger partial charge in [-0.1, -0.05) is 0 Å². The maximum atomic E-state index is 13.1. The first kappa shape index (κ1) is 20.9. The molecule has 4 nitrogen and oxygen atoms in total. The SMILES string of the molecule is O=C(c1c(C(F)(F)F)nn(-c2cc(F)cc(F)c2)c1O)C(F)(F)F.[Mn]. The number of aromatic nitrogens is 2. The Morgan fingerprint density at radius 1 is 1.00 bits per heavy atom. The van der Waals surface area contributed by atoms with Gasteiger partial charge in [-0.3, -0.25) is 4.79 Å². The molecule has 2 aromatic rings. The van der Waals surface area contributed by atoms with Crippen LogP contribution in [0.4, 0.5) is 35.1 Å². The summed E-state index contributed by atoms with van der Waals surface area (Å²) in [4.78, 5) is 11.1. The van der Waals surface area contributed by atoms with E-state index < -0.39 is 52.6 Å². The molecule has 13 heteroatoms. The number of hydrogen-bond acceptors (Lipinski definition) is 3. The molecule has 0 fully saturated rings. The zero-order chi connectivity index (χ0) is 18.4. The molecular formula is C12H4F8MnN2O2. The molecule has 25 heavy (non-hydrogen) atoms. The molecule has 1 aromatic carbocycles. The minimum Gasteiger partial charge on any atom is -0.493 e. The summed E-state index contributed by atoms with van der Waals surface area (Å²) in [5, 5.41) is 12.2. The Hall–Kier alpha value is -2.14. The van der Waals surface area contributed by atoms with E-state index in [1.807, 2.05) is 0 Å². The van der Waals surface area contributed by atoms with E-state index in [1.165, 1.54) is 0 Å². The summed E-state index contributed by atoms with van der Waals surface area (Å²) in [5.41, 5.74) is -5.36. The Morgan fingerprint density at radius 2 is 1.48 bits per heavy atom. The molecule has 0 saturated carbocycles. The minimum atomic E-state index is -5.74. The van der Waals surface area contributed by atoms with E-state index in [1.54, 1.807) is 0 Å². The Bertz CT molecular complexity index is 792. The fourth-order valence-corrected chi connectivity index (χ4v) is 1.80. The average Bonchev–Trinajstić information content (AvgIpc) is 2.73. The number of carbonyl (C=O) groups excluding carboxylic acids is 1. The molecule has 1 N–H and O–H groups in total. The van der Waals surface area contributed by atoms with Gasteiger partial charge >= 0.3 is 12.4 Å². The number of alkyl halides is 6. The predicted molar refractivity (Wildman–Crippen MR) is 60.5 cm³/mol. The van der Waals surface area contributed by atoms with Crippen LogP contribution >= 0.6 is 0 Å². The fourth-order valence-electron chi connectivity index (χ4n) is 1.80. The van der Waals surface area contributed by atoms with Crippen molar-refractivity contribution >= 4 is 5.78 Å². The van der Waals surface area contributed by atoms with Crippen molar-refractivity contribution in [3.8, 4) is 11.6 Å². The Labute approximate surface area is 143 Å². The van der Waals surface area contributed by atoms with E-state index in [4.69, 9.17) is 0 Å². The van der Waals surface area contributed by atoms with Gasteiger partial charge < -0.3 is 5.11 Å². The molecule has 0 atom stereocenters. The quantitative estimate of drug-likeness (QED) is 0.463. The Balaban J connectivity index is 0.00000312. The predicted octanol–water partition coefficient (Wildman–Crippen LogP) is 3.62. The smallest absolute Gasteiger partial charge is 0.455 e. The third-order valence-electron chi connectivity index (χ3n) is 2.71. The van der Waals surface area contributed by atoms with Gasteiger partial charge in [0.1, 0.15) is 17.2 Å². The van der Waals surface area contributed by atoms with Crippen molar-refractivity contribution < 1.29 is 62.1 Å². The number of carbonyl (C=O) groups is 1. The average molecular weight is 415 g/mol. The van der Waals surface area contributed by atoms with Crippen molar-refractivity contribution in [2.45, 2.75) is 12.4 Å². The van der Waals surface area contributed by atoms with Gasteiger partial charge in [-0.05, 0) is 12.1 Å². The molecule has 0 unspecified atom stereocenters. The van der Waals surface area contributed by atoms with Crippen molar-refractivity contribution in [1.82, 2.24) is 9.78 Å². The summed E-state index contributed by atoms with van der Waals surface area (Å²) < 4.78 is 102. The number of nitrogens with zero attached hydrogens (tertiary/aromatic N) is 2. The molecule has 0 aliphatic rings. The van der Waals surface area contributed by atoms with Gasteiger partial charge in [0.15, 0.2) is 5.69 Å². The Morgan fingerprint density at radius 3 is 1.88 bits per heavy atom. The molecule has 0 aliphatic carbocycles. The van der Waals surface area contributed by atoms with Crippen molar-refractivity contribution in [2.24, 2.45) is 0 Å². The van der Waals surface area contributed by atoms with Crippen LogP contribution in [0.1, 0.15) is 16.1 Å². The third-order valence-corrected chi connectivity index (χ3v) is 2.71. The van der Waals surface area contributed by atoms with E-state index in [0.717, 1.165) is 0 Å². The van der Waals surface area contributed by atoms with Crippen LogP contribution in [0.15, 0.2) is 18.2 Å². The van der Waals surface area contributed by atoms with Crippen molar-refractivity contribution in [1.29, 1.82) is 0 Å². The molecule has 2 rings (SSSR count). The minimum absolute atomic E-state index is 0. The molecule has 0 saturated heterocycles. The zero-order valence-corrected chi connectivity index (χ0v) is 12.6. The summed E-state index contributed by atoms with van der Waals surface area (Å²) in [7, 11) is 0. The van der Waals surface area contributed by atoms with Crippen molar-refractivity contribution in [2.75, 3.05) is 0 Å². The number of halogens is 8.